The molecule has 0 heterocycles. The maximum atomic E-state index is 5.87. The number of benzene rings is 1. The largest absolute Gasteiger partial charge is 0.494 e. The number of nitrogens with two attached hydrogens (primary N) is 2. The Morgan fingerprint density at radius 1 is 1.47 bits per heavy atom. The molecule has 0 amide bonds. The van der Waals surface area contributed by atoms with Gasteiger partial charge in [-0.2, -0.15) is 0 Å². The van der Waals surface area contributed by atoms with Crippen molar-refractivity contribution in [2.75, 3.05) is 18.9 Å². The van der Waals surface area contributed by atoms with Gasteiger partial charge in [-0.25, -0.2) is 0 Å². The number of hydrogen-bond acceptors (Lipinski definition) is 4. The van der Waals surface area contributed by atoms with Crippen LogP contribution in [0.15, 0.2) is 23.1 Å². The predicted molar refractivity (Wildman–Crippen MR) is 66.4 cm³/mol. The molecule has 1 aromatic carbocycles. The Bertz CT molecular complexity index is 317. The molecule has 4 N–H and O–H groups in total. The Balaban J connectivity index is 2.80. The van der Waals surface area contributed by atoms with Crippen LogP contribution in [0.25, 0.3) is 0 Å². The molecule has 1 atom stereocenters. The minimum absolute atomic E-state index is 0.365. The van der Waals surface area contributed by atoms with E-state index in [0.29, 0.717) is 18.4 Å². The summed E-state index contributed by atoms with van der Waals surface area (Å²) in [6.07, 6.45) is 0. The van der Waals surface area contributed by atoms with Crippen LogP contribution in [0.4, 0.5) is 5.69 Å². The SMILES string of the molecule is CCOc1ccc(N)c(SC(C)CN)c1. The summed E-state index contributed by atoms with van der Waals surface area (Å²) in [6.45, 7) is 5.35. The molecule has 0 spiro atoms. The van der Waals surface area contributed by atoms with Gasteiger partial charge in [-0.1, -0.05) is 6.92 Å². The van der Waals surface area contributed by atoms with E-state index in [1.54, 1.807) is 11.8 Å². The summed E-state index contributed by atoms with van der Waals surface area (Å²) in [6, 6.07) is 5.72. The Morgan fingerprint density at radius 2 is 2.20 bits per heavy atom. The normalized spacial score (nSPS) is 12.5. The van der Waals surface area contributed by atoms with Gasteiger partial charge in [-0.3, -0.25) is 0 Å². The Labute approximate surface area is 95.2 Å². The van der Waals surface area contributed by atoms with Gasteiger partial charge in [-0.05, 0) is 25.1 Å². The zero-order valence-corrected chi connectivity index (χ0v) is 10.0. The quantitative estimate of drug-likeness (QED) is 0.596. The summed E-state index contributed by atoms with van der Waals surface area (Å²) < 4.78 is 5.42. The lowest BCUT2D eigenvalue weighted by Gasteiger charge is -2.12. The molecule has 0 saturated heterocycles. The van der Waals surface area contributed by atoms with Gasteiger partial charge in [0.2, 0.25) is 0 Å². The van der Waals surface area contributed by atoms with Crippen LogP contribution in [0.2, 0.25) is 0 Å². The minimum atomic E-state index is 0.365. The highest BCUT2D eigenvalue weighted by Gasteiger charge is 2.06. The van der Waals surface area contributed by atoms with Gasteiger partial charge in [-0.15, -0.1) is 11.8 Å². The molecule has 0 saturated carbocycles. The molecule has 4 heteroatoms. The number of ether oxygens (including phenoxy) is 1. The van der Waals surface area contributed by atoms with Crippen LogP contribution in [0, 0.1) is 0 Å². The summed E-state index contributed by atoms with van der Waals surface area (Å²) in [5.74, 6) is 0.860. The van der Waals surface area contributed by atoms with Crippen LogP contribution in [-0.4, -0.2) is 18.4 Å². The smallest absolute Gasteiger partial charge is 0.120 e. The predicted octanol–water partition coefficient (Wildman–Crippen LogP) is 2.11. The Morgan fingerprint density at radius 3 is 2.80 bits per heavy atom. The molecule has 0 aromatic heterocycles. The molecule has 15 heavy (non-hydrogen) atoms. The van der Waals surface area contributed by atoms with Crippen molar-refractivity contribution >= 4 is 17.4 Å². The van der Waals surface area contributed by atoms with Crippen molar-refractivity contribution in [3.05, 3.63) is 18.2 Å². The third-order valence-electron chi connectivity index (χ3n) is 1.96. The summed E-state index contributed by atoms with van der Waals surface area (Å²) in [5, 5.41) is 0.365. The molecule has 0 bridgehead atoms. The highest BCUT2D eigenvalue weighted by atomic mass is 32.2. The van der Waals surface area contributed by atoms with Gasteiger partial charge in [0.05, 0.1) is 6.61 Å². The van der Waals surface area contributed by atoms with Gasteiger partial charge in [0.1, 0.15) is 5.75 Å². The second-order valence-electron chi connectivity index (χ2n) is 3.30. The molecule has 0 radical (unpaired) electrons. The van der Waals surface area contributed by atoms with E-state index in [1.807, 2.05) is 25.1 Å². The maximum Gasteiger partial charge on any atom is 0.120 e. The average molecular weight is 226 g/mol. The first-order valence-corrected chi connectivity index (χ1v) is 5.94. The molecule has 84 valence electrons. The minimum Gasteiger partial charge on any atom is -0.494 e. The number of rotatable bonds is 5. The summed E-state index contributed by atoms with van der Waals surface area (Å²) in [7, 11) is 0. The summed E-state index contributed by atoms with van der Waals surface area (Å²) >= 11 is 1.68. The Hall–Kier alpha value is -0.870. The van der Waals surface area contributed by atoms with Gasteiger partial charge in [0, 0.05) is 22.4 Å². The van der Waals surface area contributed by atoms with Crippen molar-refractivity contribution < 1.29 is 4.74 Å². The molecule has 1 aromatic rings. The van der Waals surface area contributed by atoms with Crippen LogP contribution in [0.3, 0.4) is 0 Å². The van der Waals surface area contributed by atoms with E-state index in [4.69, 9.17) is 16.2 Å². The molecule has 3 nitrogen and oxygen atoms in total. The van der Waals surface area contributed by atoms with Gasteiger partial charge >= 0.3 is 0 Å². The first-order chi connectivity index (χ1) is 7.17. The zero-order valence-electron chi connectivity index (χ0n) is 9.19. The van der Waals surface area contributed by atoms with E-state index < -0.39 is 0 Å². The van der Waals surface area contributed by atoms with Gasteiger partial charge in [0.15, 0.2) is 0 Å². The first-order valence-electron chi connectivity index (χ1n) is 5.06. The van der Waals surface area contributed by atoms with E-state index in [1.165, 1.54) is 0 Å². The van der Waals surface area contributed by atoms with Crippen LogP contribution in [0.5, 0.6) is 5.75 Å². The van der Waals surface area contributed by atoms with Crippen molar-refractivity contribution in [1.82, 2.24) is 0 Å². The zero-order chi connectivity index (χ0) is 11.3. The molecule has 1 unspecified atom stereocenters. The molecular weight excluding hydrogens is 208 g/mol. The van der Waals surface area contributed by atoms with Crippen LogP contribution >= 0.6 is 11.8 Å². The lowest BCUT2D eigenvalue weighted by molar-refractivity contribution is 0.339. The molecule has 1 rings (SSSR count). The third kappa shape index (κ3) is 3.64. The third-order valence-corrected chi connectivity index (χ3v) is 3.16. The van der Waals surface area contributed by atoms with Crippen molar-refractivity contribution in [3.63, 3.8) is 0 Å². The van der Waals surface area contributed by atoms with Crippen molar-refractivity contribution in [2.24, 2.45) is 5.73 Å². The Kier molecular flexibility index (Phi) is 4.78. The molecule has 0 aliphatic carbocycles. The highest BCUT2D eigenvalue weighted by molar-refractivity contribution is 8.00. The fourth-order valence-corrected chi connectivity index (χ4v) is 2.06. The van der Waals surface area contributed by atoms with E-state index in [2.05, 4.69) is 6.92 Å². The first kappa shape index (κ1) is 12.2. The van der Waals surface area contributed by atoms with E-state index in [-0.39, 0.29) is 0 Å². The lowest BCUT2D eigenvalue weighted by Crippen LogP contribution is -2.12. The summed E-state index contributed by atoms with van der Waals surface area (Å²) in [5.41, 5.74) is 12.2. The fourth-order valence-electron chi connectivity index (χ4n) is 1.14. The van der Waals surface area contributed by atoms with Crippen molar-refractivity contribution in [2.45, 2.75) is 24.0 Å². The second kappa shape index (κ2) is 5.88. The van der Waals surface area contributed by atoms with Crippen molar-refractivity contribution in [1.29, 1.82) is 0 Å². The second-order valence-corrected chi connectivity index (χ2v) is 4.78. The van der Waals surface area contributed by atoms with Crippen molar-refractivity contribution in [3.8, 4) is 5.75 Å². The molecule has 0 aliphatic heterocycles. The molecule has 0 fully saturated rings. The summed E-state index contributed by atoms with van der Waals surface area (Å²) in [4.78, 5) is 1.04. The van der Waals surface area contributed by atoms with Gasteiger partial charge in [0.25, 0.3) is 0 Å². The number of thioether (sulfide) groups is 1. The molecular formula is C11H18N2OS. The van der Waals surface area contributed by atoms with E-state index in [9.17, 15) is 0 Å². The fraction of sp³-hybridized carbons (Fsp3) is 0.455. The van der Waals surface area contributed by atoms with Crippen LogP contribution in [-0.2, 0) is 0 Å². The van der Waals surface area contributed by atoms with Gasteiger partial charge < -0.3 is 16.2 Å². The lowest BCUT2D eigenvalue weighted by atomic mass is 10.3. The number of nitrogen functional groups attached to an aromatic ring is 1. The maximum absolute atomic E-state index is 5.87. The highest BCUT2D eigenvalue weighted by Crippen LogP contribution is 2.31. The molecule has 0 aliphatic rings. The van der Waals surface area contributed by atoms with Crippen LogP contribution in [0.1, 0.15) is 13.8 Å². The topological polar surface area (TPSA) is 61.3 Å². The average Bonchev–Trinajstić information content (AvgIpc) is 2.23. The standard InChI is InChI=1S/C11H18N2OS/c1-3-14-9-4-5-10(13)11(6-9)15-8(2)7-12/h4-6,8H,3,7,12-13H2,1-2H3. The number of hydrogen-bond donors (Lipinski definition) is 2. The number of anilines is 1. The monoisotopic (exact) mass is 226 g/mol. The van der Waals surface area contributed by atoms with Crippen LogP contribution < -0.4 is 16.2 Å². The van der Waals surface area contributed by atoms with E-state index >= 15 is 0 Å². The van der Waals surface area contributed by atoms with E-state index in [0.717, 1.165) is 16.3 Å².